The molecule has 0 atom stereocenters. The molecule has 0 saturated heterocycles. The molecular weight excluding hydrogens is 366 g/mol. The minimum absolute atomic E-state index is 0.702. The van der Waals surface area contributed by atoms with Crippen molar-refractivity contribution >= 4 is 28.9 Å². The van der Waals surface area contributed by atoms with Gasteiger partial charge in [-0.2, -0.15) is 5.10 Å². The van der Waals surface area contributed by atoms with Crippen LogP contribution in [0.3, 0.4) is 0 Å². The average Bonchev–Trinajstić information content (AvgIpc) is 3.25. The Labute approximate surface area is 160 Å². The number of aryl methyl sites for hydroxylation is 1. The summed E-state index contributed by atoms with van der Waals surface area (Å²) in [5.74, 6) is 1.49. The molecular formula is C19H21N3O2S2. The Balaban J connectivity index is 2.11. The van der Waals surface area contributed by atoms with Gasteiger partial charge in [-0.3, -0.25) is 4.99 Å². The van der Waals surface area contributed by atoms with Crippen LogP contribution in [0.2, 0.25) is 0 Å². The van der Waals surface area contributed by atoms with Gasteiger partial charge in [0.05, 0.1) is 26.1 Å². The average molecular weight is 388 g/mol. The Morgan fingerprint density at radius 2 is 2.00 bits per heavy atom. The van der Waals surface area contributed by atoms with Crippen LogP contribution < -0.4 is 14.3 Å². The highest BCUT2D eigenvalue weighted by Gasteiger charge is 2.13. The summed E-state index contributed by atoms with van der Waals surface area (Å²) in [6.45, 7) is 4.81. The zero-order valence-electron chi connectivity index (χ0n) is 15.2. The second-order valence-corrected chi connectivity index (χ2v) is 7.60. The fourth-order valence-corrected chi connectivity index (χ4v) is 4.12. The normalized spacial score (nSPS) is 12.1. The van der Waals surface area contributed by atoms with Gasteiger partial charge in [-0.05, 0) is 38.1 Å². The molecule has 1 aromatic carbocycles. The van der Waals surface area contributed by atoms with E-state index in [0.29, 0.717) is 6.54 Å². The van der Waals surface area contributed by atoms with Gasteiger partial charge in [0.15, 0.2) is 0 Å². The standard InChI is InChI=1S/C19H21N3O2S2/c1-5-20-19-22(21-11-15-8-6-13(2)26-15)17(12-25-19)16-9-7-14(23-3)10-18(16)24-4/h6-12H,5H2,1-4H3. The summed E-state index contributed by atoms with van der Waals surface area (Å²) in [4.78, 5) is 7.79. The van der Waals surface area contributed by atoms with Gasteiger partial charge in [0.1, 0.15) is 11.5 Å². The van der Waals surface area contributed by atoms with Gasteiger partial charge in [-0.25, -0.2) is 4.68 Å². The molecule has 7 heteroatoms. The molecule has 0 radical (unpaired) electrons. The van der Waals surface area contributed by atoms with E-state index < -0.39 is 0 Å². The van der Waals surface area contributed by atoms with E-state index >= 15 is 0 Å². The molecule has 5 nitrogen and oxygen atoms in total. The summed E-state index contributed by atoms with van der Waals surface area (Å²) in [6.07, 6.45) is 1.87. The minimum atomic E-state index is 0.702. The molecule has 26 heavy (non-hydrogen) atoms. The Hall–Kier alpha value is -2.38. The van der Waals surface area contributed by atoms with E-state index in [1.54, 1.807) is 36.9 Å². The van der Waals surface area contributed by atoms with E-state index in [2.05, 4.69) is 29.4 Å². The second-order valence-electron chi connectivity index (χ2n) is 5.45. The number of methoxy groups -OCH3 is 2. The van der Waals surface area contributed by atoms with Gasteiger partial charge >= 0.3 is 0 Å². The van der Waals surface area contributed by atoms with Crippen LogP contribution in [0.15, 0.2) is 45.8 Å². The van der Waals surface area contributed by atoms with E-state index in [-0.39, 0.29) is 0 Å². The highest BCUT2D eigenvalue weighted by molar-refractivity contribution is 7.13. The molecule has 0 spiro atoms. The molecule has 136 valence electrons. The number of thiophene rings is 1. The molecule has 0 aliphatic carbocycles. The van der Waals surface area contributed by atoms with Crippen molar-refractivity contribution in [1.82, 2.24) is 4.68 Å². The maximum atomic E-state index is 5.56. The molecule has 0 aliphatic heterocycles. The third-order valence-electron chi connectivity index (χ3n) is 3.72. The number of ether oxygens (including phenoxy) is 2. The number of hydrogen-bond acceptors (Lipinski definition) is 6. The van der Waals surface area contributed by atoms with E-state index in [9.17, 15) is 0 Å². The van der Waals surface area contributed by atoms with Crippen LogP contribution in [-0.2, 0) is 0 Å². The van der Waals surface area contributed by atoms with E-state index in [4.69, 9.17) is 14.6 Å². The van der Waals surface area contributed by atoms with Crippen molar-refractivity contribution in [3.05, 3.63) is 50.3 Å². The number of rotatable bonds is 6. The van der Waals surface area contributed by atoms with Crippen LogP contribution in [0.1, 0.15) is 16.7 Å². The van der Waals surface area contributed by atoms with Crippen LogP contribution in [0.25, 0.3) is 11.3 Å². The van der Waals surface area contributed by atoms with Gasteiger partial charge in [0.25, 0.3) is 0 Å². The predicted octanol–water partition coefficient (Wildman–Crippen LogP) is 4.41. The fraction of sp³-hybridized carbons (Fsp3) is 0.263. The maximum Gasteiger partial charge on any atom is 0.206 e. The minimum Gasteiger partial charge on any atom is -0.497 e. The fourth-order valence-electron chi connectivity index (χ4n) is 2.49. The molecule has 0 unspecified atom stereocenters. The van der Waals surface area contributed by atoms with Crippen molar-refractivity contribution in [1.29, 1.82) is 0 Å². The molecule has 0 aliphatic rings. The lowest BCUT2D eigenvalue weighted by Crippen LogP contribution is -2.12. The first-order chi connectivity index (χ1) is 12.7. The third-order valence-corrected chi connectivity index (χ3v) is 5.51. The van der Waals surface area contributed by atoms with Crippen molar-refractivity contribution in [2.45, 2.75) is 13.8 Å². The van der Waals surface area contributed by atoms with Crippen molar-refractivity contribution in [3.8, 4) is 22.8 Å². The van der Waals surface area contributed by atoms with Gasteiger partial charge in [-0.15, -0.1) is 22.7 Å². The summed E-state index contributed by atoms with van der Waals surface area (Å²) < 4.78 is 12.7. The predicted molar refractivity (Wildman–Crippen MR) is 109 cm³/mol. The largest absolute Gasteiger partial charge is 0.497 e. The molecule has 3 rings (SSSR count). The van der Waals surface area contributed by atoms with Crippen molar-refractivity contribution in [3.63, 3.8) is 0 Å². The van der Waals surface area contributed by atoms with Crippen LogP contribution >= 0.6 is 22.7 Å². The molecule has 0 saturated carbocycles. The van der Waals surface area contributed by atoms with E-state index in [1.807, 2.05) is 36.0 Å². The summed E-state index contributed by atoms with van der Waals surface area (Å²) in [7, 11) is 3.30. The Morgan fingerprint density at radius 3 is 2.65 bits per heavy atom. The second kappa shape index (κ2) is 8.33. The maximum absolute atomic E-state index is 5.56. The Bertz CT molecular complexity index is 983. The Morgan fingerprint density at radius 1 is 1.15 bits per heavy atom. The number of hydrogen-bond donors (Lipinski definition) is 0. The zero-order valence-corrected chi connectivity index (χ0v) is 16.9. The van der Waals surface area contributed by atoms with Crippen molar-refractivity contribution in [2.24, 2.45) is 10.1 Å². The molecule has 0 N–H and O–H groups in total. The molecule has 3 aromatic rings. The third kappa shape index (κ3) is 3.89. The molecule has 0 fully saturated rings. The van der Waals surface area contributed by atoms with E-state index in [1.165, 1.54) is 4.88 Å². The van der Waals surface area contributed by atoms with Crippen molar-refractivity contribution < 1.29 is 9.47 Å². The number of thiazole rings is 1. The monoisotopic (exact) mass is 387 g/mol. The van der Waals surface area contributed by atoms with Crippen LogP contribution in [0.5, 0.6) is 11.5 Å². The number of nitrogens with zero attached hydrogens (tertiary/aromatic N) is 3. The van der Waals surface area contributed by atoms with E-state index in [0.717, 1.165) is 32.4 Å². The highest BCUT2D eigenvalue weighted by Crippen LogP contribution is 2.33. The van der Waals surface area contributed by atoms with Crippen LogP contribution in [-0.4, -0.2) is 31.7 Å². The topological polar surface area (TPSA) is 48.1 Å². The van der Waals surface area contributed by atoms with Gasteiger partial charge in [-0.1, -0.05) is 0 Å². The van der Waals surface area contributed by atoms with Crippen LogP contribution in [0.4, 0.5) is 0 Å². The highest BCUT2D eigenvalue weighted by atomic mass is 32.1. The Kier molecular flexibility index (Phi) is 5.90. The first-order valence-corrected chi connectivity index (χ1v) is 9.90. The lowest BCUT2D eigenvalue weighted by molar-refractivity contribution is 0.395. The summed E-state index contributed by atoms with van der Waals surface area (Å²) in [5.41, 5.74) is 1.88. The summed E-state index contributed by atoms with van der Waals surface area (Å²) >= 11 is 3.28. The summed E-state index contributed by atoms with van der Waals surface area (Å²) in [6, 6.07) is 9.94. The lowest BCUT2D eigenvalue weighted by Gasteiger charge is -2.10. The first kappa shape index (κ1) is 18.4. The van der Waals surface area contributed by atoms with Gasteiger partial charge in [0.2, 0.25) is 4.80 Å². The number of benzene rings is 1. The van der Waals surface area contributed by atoms with Gasteiger partial charge in [0, 0.05) is 33.3 Å². The molecule has 2 aromatic heterocycles. The number of aromatic nitrogens is 1. The summed E-state index contributed by atoms with van der Waals surface area (Å²) in [5, 5.41) is 6.75. The smallest absolute Gasteiger partial charge is 0.206 e. The first-order valence-electron chi connectivity index (χ1n) is 8.20. The quantitative estimate of drug-likeness (QED) is 0.588. The SMILES string of the molecule is CCN=c1scc(-c2ccc(OC)cc2OC)n1N=Cc1ccc(C)s1. The lowest BCUT2D eigenvalue weighted by atomic mass is 10.1. The molecule has 0 amide bonds. The molecule has 2 heterocycles. The van der Waals surface area contributed by atoms with Crippen molar-refractivity contribution in [2.75, 3.05) is 20.8 Å². The zero-order chi connectivity index (χ0) is 18.5. The molecule has 0 bridgehead atoms. The van der Waals surface area contributed by atoms with Crippen LogP contribution in [0, 0.1) is 6.92 Å². The van der Waals surface area contributed by atoms with Gasteiger partial charge < -0.3 is 9.47 Å².